The van der Waals surface area contributed by atoms with Gasteiger partial charge in [-0.1, -0.05) is 13.0 Å². The van der Waals surface area contributed by atoms with E-state index in [9.17, 15) is 0 Å². The van der Waals surface area contributed by atoms with Crippen molar-refractivity contribution in [3.8, 4) is 6.07 Å². The molecule has 1 aliphatic rings. The highest BCUT2D eigenvalue weighted by Crippen LogP contribution is 2.16. The molecular weight excluding hydrogens is 240 g/mol. The van der Waals surface area contributed by atoms with E-state index in [0.29, 0.717) is 13.2 Å². The van der Waals surface area contributed by atoms with Gasteiger partial charge in [0.1, 0.15) is 5.82 Å². The highest BCUT2D eigenvalue weighted by atomic mass is 16.5. The minimum absolute atomic E-state index is 0.308. The summed E-state index contributed by atoms with van der Waals surface area (Å²) in [7, 11) is 0. The first-order valence-corrected chi connectivity index (χ1v) is 6.74. The molecule has 2 heterocycles. The molecule has 1 aromatic rings. The smallest absolute Gasteiger partial charge is 0.156 e. The highest BCUT2D eigenvalue weighted by molar-refractivity contribution is 5.43. The van der Waals surface area contributed by atoms with Crippen LogP contribution in [0.3, 0.4) is 0 Å². The molecule has 1 aromatic heterocycles. The van der Waals surface area contributed by atoms with E-state index in [2.05, 4.69) is 34.3 Å². The molecule has 0 aromatic carbocycles. The minimum atomic E-state index is -0.308. The van der Waals surface area contributed by atoms with E-state index < -0.39 is 0 Å². The quantitative estimate of drug-likeness (QED) is 0.872. The summed E-state index contributed by atoms with van der Waals surface area (Å²) in [4.78, 5) is 6.63. The van der Waals surface area contributed by atoms with E-state index in [1.54, 1.807) is 6.20 Å². The molecule has 0 amide bonds. The fourth-order valence-corrected chi connectivity index (χ4v) is 2.13. The third-order valence-electron chi connectivity index (χ3n) is 3.12. The standard InChI is InChI=1S/C14H20N4O/c1-2-5-16-14-12(4-3-6-17-14)10-18-7-8-19-13(9-15)11-18/h3-4,6,13H,2,5,7-8,10-11H2,1H3,(H,16,17). The fourth-order valence-electron chi connectivity index (χ4n) is 2.13. The van der Waals surface area contributed by atoms with Crippen LogP contribution in [0.1, 0.15) is 18.9 Å². The minimum Gasteiger partial charge on any atom is -0.370 e. The predicted octanol–water partition coefficient (Wildman–Crippen LogP) is 1.63. The lowest BCUT2D eigenvalue weighted by molar-refractivity contribution is -0.00265. The van der Waals surface area contributed by atoms with Gasteiger partial charge in [0.2, 0.25) is 0 Å². The van der Waals surface area contributed by atoms with Crippen LogP contribution < -0.4 is 5.32 Å². The first-order chi connectivity index (χ1) is 9.33. The third kappa shape index (κ3) is 3.91. The van der Waals surface area contributed by atoms with Crippen molar-refractivity contribution in [1.29, 1.82) is 5.26 Å². The average Bonchev–Trinajstić information content (AvgIpc) is 2.46. The number of ether oxygens (including phenoxy) is 1. The Morgan fingerprint density at radius 2 is 2.53 bits per heavy atom. The van der Waals surface area contributed by atoms with Gasteiger partial charge in [-0.3, -0.25) is 4.90 Å². The Morgan fingerprint density at radius 1 is 1.63 bits per heavy atom. The van der Waals surface area contributed by atoms with Crippen LogP contribution in [0.25, 0.3) is 0 Å². The van der Waals surface area contributed by atoms with Gasteiger partial charge in [-0.15, -0.1) is 0 Å². The molecule has 5 nitrogen and oxygen atoms in total. The summed E-state index contributed by atoms with van der Waals surface area (Å²) in [6.45, 7) is 6.01. The Bertz CT molecular complexity index is 443. The summed E-state index contributed by atoms with van der Waals surface area (Å²) in [5.41, 5.74) is 1.18. The molecule has 1 aliphatic heterocycles. The number of morpholine rings is 1. The maximum Gasteiger partial charge on any atom is 0.156 e. The van der Waals surface area contributed by atoms with Gasteiger partial charge in [0.05, 0.1) is 12.7 Å². The molecule has 1 fully saturated rings. The molecule has 19 heavy (non-hydrogen) atoms. The lowest BCUT2D eigenvalue weighted by atomic mass is 10.2. The summed E-state index contributed by atoms with van der Waals surface area (Å²) < 4.78 is 5.36. The number of nitrogens with zero attached hydrogens (tertiary/aromatic N) is 3. The van der Waals surface area contributed by atoms with Crippen molar-refractivity contribution in [3.05, 3.63) is 23.9 Å². The maximum absolute atomic E-state index is 8.92. The number of hydrogen-bond acceptors (Lipinski definition) is 5. The first kappa shape index (κ1) is 13.8. The van der Waals surface area contributed by atoms with Gasteiger partial charge in [0, 0.05) is 37.9 Å². The SMILES string of the molecule is CCCNc1ncccc1CN1CCOC(C#N)C1. The maximum atomic E-state index is 8.92. The first-order valence-electron chi connectivity index (χ1n) is 6.74. The molecule has 0 saturated carbocycles. The number of anilines is 1. The Labute approximate surface area is 114 Å². The van der Waals surface area contributed by atoms with Crippen LogP contribution in [0.4, 0.5) is 5.82 Å². The molecule has 0 aliphatic carbocycles. The number of nitriles is 1. The van der Waals surface area contributed by atoms with E-state index in [0.717, 1.165) is 31.9 Å². The molecule has 1 saturated heterocycles. The zero-order valence-electron chi connectivity index (χ0n) is 11.3. The van der Waals surface area contributed by atoms with E-state index >= 15 is 0 Å². The van der Waals surface area contributed by atoms with Crippen molar-refractivity contribution in [3.63, 3.8) is 0 Å². The summed E-state index contributed by atoms with van der Waals surface area (Å²) in [6.07, 6.45) is 2.57. The van der Waals surface area contributed by atoms with Crippen molar-refractivity contribution in [1.82, 2.24) is 9.88 Å². The summed E-state index contributed by atoms with van der Waals surface area (Å²) >= 11 is 0. The predicted molar refractivity (Wildman–Crippen MR) is 73.6 cm³/mol. The Hall–Kier alpha value is -1.64. The molecule has 1 N–H and O–H groups in total. The zero-order chi connectivity index (χ0) is 13.5. The largest absolute Gasteiger partial charge is 0.370 e. The summed E-state index contributed by atoms with van der Waals surface area (Å²) in [5, 5.41) is 12.3. The number of pyridine rings is 1. The van der Waals surface area contributed by atoms with Crippen molar-refractivity contribution in [2.75, 3.05) is 31.6 Å². The fraction of sp³-hybridized carbons (Fsp3) is 0.571. The molecule has 0 radical (unpaired) electrons. The van der Waals surface area contributed by atoms with Crippen LogP contribution >= 0.6 is 0 Å². The molecule has 1 atom stereocenters. The monoisotopic (exact) mass is 260 g/mol. The second kappa shape index (κ2) is 7.07. The van der Waals surface area contributed by atoms with Crippen molar-refractivity contribution in [2.24, 2.45) is 0 Å². The lowest BCUT2D eigenvalue weighted by Crippen LogP contribution is -2.41. The third-order valence-corrected chi connectivity index (χ3v) is 3.12. The molecule has 102 valence electrons. The second-order valence-electron chi connectivity index (χ2n) is 4.66. The topological polar surface area (TPSA) is 61.2 Å². The van der Waals surface area contributed by atoms with Gasteiger partial charge < -0.3 is 10.1 Å². The van der Waals surface area contributed by atoms with Crippen molar-refractivity contribution >= 4 is 5.82 Å². The van der Waals surface area contributed by atoms with Crippen LogP contribution in [-0.2, 0) is 11.3 Å². The zero-order valence-corrected chi connectivity index (χ0v) is 11.3. The Balaban J connectivity index is 2.00. The molecular formula is C14H20N4O. The van der Waals surface area contributed by atoms with Crippen LogP contribution in [0, 0.1) is 11.3 Å². The van der Waals surface area contributed by atoms with Gasteiger partial charge in [-0.2, -0.15) is 5.26 Å². The number of hydrogen-bond donors (Lipinski definition) is 1. The Morgan fingerprint density at radius 3 is 3.32 bits per heavy atom. The van der Waals surface area contributed by atoms with Crippen molar-refractivity contribution < 1.29 is 4.74 Å². The Kier molecular flexibility index (Phi) is 5.13. The van der Waals surface area contributed by atoms with Crippen LogP contribution in [0.15, 0.2) is 18.3 Å². The number of aromatic nitrogens is 1. The van der Waals surface area contributed by atoms with Crippen molar-refractivity contribution in [2.45, 2.75) is 26.0 Å². The van der Waals surface area contributed by atoms with Crippen LogP contribution in [0.5, 0.6) is 0 Å². The van der Waals surface area contributed by atoms with Gasteiger partial charge in [0.25, 0.3) is 0 Å². The van der Waals surface area contributed by atoms with E-state index in [-0.39, 0.29) is 6.10 Å². The molecule has 5 heteroatoms. The van der Waals surface area contributed by atoms with E-state index in [1.807, 2.05) is 6.07 Å². The molecule has 1 unspecified atom stereocenters. The normalized spacial score (nSPS) is 19.9. The molecule has 0 bridgehead atoms. The average molecular weight is 260 g/mol. The van der Waals surface area contributed by atoms with Crippen LogP contribution in [-0.4, -0.2) is 42.2 Å². The van der Waals surface area contributed by atoms with E-state index in [1.165, 1.54) is 5.56 Å². The lowest BCUT2D eigenvalue weighted by Gasteiger charge is -2.30. The van der Waals surface area contributed by atoms with E-state index in [4.69, 9.17) is 10.00 Å². The van der Waals surface area contributed by atoms with Gasteiger partial charge in [-0.05, 0) is 12.5 Å². The highest BCUT2D eigenvalue weighted by Gasteiger charge is 2.20. The number of nitrogens with one attached hydrogen (secondary N) is 1. The number of rotatable bonds is 5. The van der Waals surface area contributed by atoms with Gasteiger partial charge in [-0.25, -0.2) is 4.98 Å². The van der Waals surface area contributed by atoms with Crippen LogP contribution in [0.2, 0.25) is 0 Å². The second-order valence-corrected chi connectivity index (χ2v) is 4.66. The summed E-state index contributed by atoms with van der Waals surface area (Å²) in [5.74, 6) is 0.948. The molecule has 2 rings (SSSR count). The summed E-state index contributed by atoms with van der Waals surface area (Å²) in [6, 6.07) is 6.21. The van der Waals surface area contributed by atoms with Gasteiger partial charge >= 0.3 is 0 Å². The van der Waals surface area contributed by atoms with Gasteiger partial charge in [0.15, 0.2) is 6.10 Å². The molecule has 0 spiro atoms.